The minimum Gasteiger partial charge on any atom is -0.369 e. The molecule has 0 unspecified atom stereocenters. The summed E-state index contributed by atoms with van der Waals surface area (Å²) in [5, 5.41) is 0. The average molecular weight is 395 g/mol. The fourth-order valence-electron chi connectivity index (χ4n) is 4.16. The lowest BCUT2D eigenvalue weighted by Crippen LogP contribution is -2.53. The summed E-state index contributed by atoms with van der Waals surface area (Å²) in [7, 11) is -1.68. The minimum absolute atomic E-state index is 0.154. The van der Waals surface area contributed by atoms with Crippen LogP contribution in [0.2, 0.25) is 0 Å². The van der Waals surface area contributed by atoms with E-state index in [-0.39, 0.29) is 12.1 Å². The highest BCUT2D eigenvalue weighted by molar-refractivity contribution is 7.87. The van der Waals surface area contributed by atoms with Crippen LogP contribution < -0.4 is 9.62 Å². The van der Waals surface area contributed by atoms with Crippen LogP contribution in [0.5, 0.6) is 0 Å². The summed E-state index contributed by atoms with van der Waals surface area (Å²) in [6.07, 6.45) is 5.45. The molecule has 1 N–H and O–H groups in total. The van der Waals surface area contributed by atoms with Gasteiger partial charge < -0.3 is 4.90 Å². The standard InChI is InChI=1S/C20H34N4O2S/c1-18(17-21-27(25,26)22(2)19-9-5-3-6-10-19)23-13-15-24(16-14-23)20-11-7-4-8-12-20/h4,7-8,11-12,18-19,21H,3,5-6,9-10,13-17H2,1-2H3/t18-/m1/s1. The Bertz CT molecular complexity index is 668. The number of hydrogen-bond donors (Lipinski definition) is 1. The molecule has 2 fully saturated rings. The van der Waals surface area contributed by atoms with E-state index >= 15 is 0 Å². The molecule has 27 heavy (non-hydrogen) atoms. The third-order valence-electron chi connectivity index (χ3n) is 6.09. The number of piperazine rings is 1. The summed E-state index contributed by atoms with van der Waals surface area (Å²) in [4.78, 5) is 4.77. The number of hydrogen-bond acceptors (Lipinski definition) is 4. The van der Waals surface area contributed by atoms with E-state index in [0.29, 0.717) is 6.54 Å². The number of rotatable bonds is 7. The molecule has 1 atom stereocenters. The molecule has 0 spiro atoms. The van der Waals surface area contributed by atoms with Gasteiger partial charge in [-0.05, 0) is 31.9 Å². The van der Waals surface area contributed by atoms with Crippen LogP contribution in [0.4, 0.5) is 5.69 Å². The van der Waals surface area contributed by atoms with Crippen molar-refractivity contribution in [3.05, 3.63) is 30.3 Å². The maximum atomic E-state index is 12.6. The monoisotopic (exact) mass is 394 g/mol. The zero-order chi connectivity index (χ0) is 19.3. The van der Waals surface area contributed by atoms with Crippen LogP contribution in [-0.4, -0.2) is 69.5 Å². The Labute approximate surface area is 164 Å². The lowest BCUT2D eigenvalue weighted by molar-refractivity contribution is 0.197. The second kappa shape index (κ2) is 9.37. The SMILES string of the molecule is C[C@H](CNS(=O)(=O)N(C)C1CCCCC1)N1CCN(c2ccccc2)CC1. The lowest BCUT2D eigenvalue weighted by atomic mass is 9.96. The molecule has 1 saturated carbocycles. The molecule has 1 heterocycles. The van der Waals surface area contributed by atoms with Crippen molar-refractivity contribution in [3.8, 4) is 0 Å². The molecule has 1 saturated heterocycles. The van der Waals surface area contributed by atoms with Crippen molar-refractivity contribution in [1.29, 1.82) is 0 Å². The molecule has 1 aromatic carbocycles. The van der Waals surface area contributed by atoms with Gasteiger partial charge in [-0.3, -0.25) is 4.90 Å². The first-order valence-electron chi connectivity index (χ1n) is 10.2. The molecule has 1 aliphatic carbocycles. The Kier molecular flexibility index (Phi) is 7.14. The van der Waals surface area contributed by atoms with Crippen LogP contribution in [0.3, 0.4) is 0 Å². The summed E-state index contributed by atoms with van der Waals surface area (Å²) < 4.78 is 29.7. The quantitative estimate of drug-likeness (QED) is 0.771. The Hall–Kier alpha value is -1.15. The van der Waals surface area contributed by atoms with E-state index in [2.05, 4.69) is 45.7 Å². The number of nitrogens with zero attached hydrogens (tertiary/aromatic N) is 3. The van der Waals surface area contributed by atoms with Gasteiger partial charge in [0.05, 0.1) is 0 Å². The van der Waals surface area contributed by atoms with E-state index in [1.54, 1.807) is 11.4 Å². The smallest absolute Gasteiger partial charge is 0.279 e. The van der Waals surface area contributed by atoms with E-state index in [9.17, 15) is 8.42 Å². The van der Waals surface area contributed by atoms with Gasteiger partial charge in [-0.15, -0.1) is 0 Å². The van der Waals surface area contributed by atoms with Crippen LogP contribution in [0.15, 0.2) is 30.3 Å². The molecule has 3 rings (SSSR count). The van der Waals surface area contributed by atoms with Gasteiger partial charge in [0.1, 0.15) is 0 Å². The summed E-state index contributed by atoms with van der Waals surface area (Å²) >= 11 is 0. The van der Waals surface area contributed by atoms with Gasteiger partial charge >= 0.3 is 0 Å². The Morgan fingerprint density at radius 3 is 2.33 bits per heavy atom. The molecule has 1 aliphatic heterocycles. The van der Waals surface area contributed by atoms with E-state index in [1.807, 2.05) is 6.07 Å². The third kappa shape index (κ3) is 5.44. The summed E-state index contributed by atoms with van der Waals surface area (Å²) in [6.45, 7) is 6.44. The second-order valence-electron chi connectivity index (χ2n) is 7.87. The fourth-order valence-corrected chi connectivity index (χ4v) is 5.42. The molecule has 2 aliphatic rings. The molecule has 7 heteroatoms. The maximum absolute atomic E-state index is 12.6. The van der Waals surface area contributed by atoms with Crippen molar-refractivity contribution < 1.29 is 8.42 Å². The van der Waals surface area contributed by atoms with Crippen molar-refractivity contribution in [3.63, 3.8) is 0 Å². The normalized spacial score (nSPS) is 21.5. The van der Waals surface area contributed by atoms with Crippen LogP contribution >= 0.6 is 0 Å². The number of nitrogens with one attached hydrogen (secondary N) is 1. The van der Waals surface area contributed by atoms with Gasteiger partial charge in [0.2, 0.25) is 0 Å². The van der Waals surface area contributed by atoms with Crippen LogP contribution in [0.25, 0.3) is 0 Å². The molecule has 1 aromatic rings. The molecular formula is C20H34N4O2S. The zero-order valence-electron chi connectivity index (χ0n) is 16.7. The van der Waals surface area contributed by atoms with Gasteiger partial charge in [0.25, 0.3) is 10.2 Å². The van der Waals surface area contributed by atoms with Crippen molar-refractivity contribution in [1.82, 2.24) is 13.9 Å². The van der Waals surface area contributed by atoms with Crippen LogP contribution in [-0.2, 0) is 10.2 Å². The van der Waals surface area contributed by atoms with E-state index in [0.717, 1.165) is 51.9 Å². The lowest BCUT2D eigenvalue weighted by Gasteiger charge is -2.39. The highest BCUT2D eigenvalue weighted by atomic mass is 32.2. The van der Waals surface area contributed by atoms with Gasteiger partial charge in [-0.25, -0.2) is 4.72 Å². The Morgan fingerprint density at radius 1 is 1.07 bits per heavy atom. The Balaban J connectivity index is 1.46. The molecule has 6 nitrogen and oxygen atoms in total. The van der Waals surface area contributed by atoms with Crippen molar-refractivity contribution in [2.75, 3.05) is 44.7 Å². The molecule has 0 amide bonds. The molecule has 0 radical (unpaired) electrons. The zero-order valence-corrected chi connectivity index (χ0v) is 17.5. The summed E-state index contributed by atoms with van der Waals surface area (Å²) in [5.41, 5.74) is 1.26. The van der Waals surface area contributed by atoms with Crippen LogP contribution in [0.1, 0.15) is 39.0 Å². The van der Waals surface area contributed by atoms with E-state index in [1.165, 1.54) is 12.1 Å². The molecule has 0 aromatic heterocycles. The predicted octanol–water partition coefficient (Wildman–Crippen LogP) is 2.30. The van der Waals surface area contributed by atoms with Gasteiger partial charge in [-0.1, -0.05) is 37.5 Å². The maximum Gasteiger partial charge on any atom is 0.279 e. The summed E-state index contributed by atoms with van der Waals surface area (Å²) in [6, 6.07) is 10.8. The van der Waals surface area contributed by atoms with Gasteiger partial charge in [0, 0.05) is 57.5 Å². The number of anilines is 1. The first-order valence-corrected chi connectivity index (χ1v) is 11.7. The fraction of sp³-hybridized carbons (Fsp3) is 0.700. The van der Waals surface area contributed by atoms with Crippen LogP contribution in [0, 0.1) is 0 Å². The summed E-state index contributed by atoms with van der Waals surface area (Å²) in [5.74, 6) is 0. The van der Waals surface area contributed by atoms with Gasteiger partial charge in [-0.2, -0.15) is 12.7 Å². The highest BCUT2D eigenvalue weighted by Crippen LogP contribution is 2.23. The van der Waals surface area contributed by atoms with E-state index < -0.39 is 10.2 Å². The average Bonchev–Trinajstić information content (AvgIpc) is 2.73. The number of benzene rings is 1. The minimum atomic E-state index is -3.40. The highest BCUT2D eigenvalue weighted by Gasteiger charge is 2.28. The van der Waals surface area contributed by atoms with Crippen molar-refractivity contribution in [2.24, 2.45) is 0 Å². The molecule has 152 valence electrons. The predicted molar refractivity (Wildman–Crippen MR) is 111 cm³/mol. The van der Waals surface area contributed by atoms with Gasteiger partial charge in [0.15, 0.2) is 0 Å². The second-order valence-corrected chi connectivity index (χ2v) is 9.68. The van der Waals surface area contributed by atoms with E-state index in [4.69, 9.17) is 0 Å². The number of para-hydroxylation sites is 1. The first-order chi connectivity index (χ1) is 13.0. The first kappa shape index (κ1) is 20.6. The molecular weight excluding hydrogens is 360 g/mol. The third-order valence-corrected chi connectivity index (χ3v) is 7.68. The topological polar surface area (TPSA) is 55.9 Å². The van der Waals surface area contributed by atoms with Crippen molar-refractivity contribution >= 4 is 15.9 Å². The largest absolute Gasteiger partial charge is 0.369 e. The Morgan fingerprint density at radius 2 is 1.70 bits per heavy atom. The van der Waals surface area contributed by atoms with Crippen molar-refractivity contribution in [2.45, 2.75) is 51.1 Å². The molecule has 0 bridgehead atoms.